The third-order valence-corrected chi connectivity index (χ3v) is 5.64. The number of anilines is 1. The maximum absolute atomic E-state index is 12.4. The number of halogens is 1. The van der Waals surface area contributed by atoms with Gasteiger partial charge in [-0.1, -0.05) is 23.7 Å². The average molecular weight is 441 g/mol. The van der Waals surface area contributed by atoms with E-state index in [0.29, 0.717) is 17.2 Å². The van der Waals surface area contributed by atoms with E-state index in [1.807, 2.05) is 12.1 Å². The molecule has 1 atom stereocenters. The molecule has 1 heterocycles. The lowest BCUT2D eigenvalue weighted by molar-refractivity contribution is -0.120. The number of carbonyl (C=O) groups excluding carboxylic acids is 1. The first-order chi connectivity index (χ1) is 13.8. The molecule has 0 bridgehead atoms. The van der Waals surface area contributed by atoms with Gasteiger partial charge >= 0.3 is 0 Å². The van der Waals surface area contributed by atoms with Crippen molar-refractivity contribution in [2.75, 3.05) is 37.4 Å². The summed E-state index contributed by atoms with van der Waals surface area (Å²) in [6.45, 7) is 0.0565. The minimum atomic E-state index is -3.72. The first-order valence-electron chi connectivity index (χ1n) is 8.74. The number of hydrogen-bond acceptors (Lipinski definition) is 6. The van der Waals surface area contributed by atoms with Gasteiger partial charge in [0.05, 0.1) is 30.6 Å². The molecule has 1 N–H and O–H groups in total. The number of nitrogens with one attached hydrogen (secondary N) is 1. The first kappa shape index (κ1) is 21.1. The number of methoxy groups -OCH3 is 1. The highest BCUT2D eigenvalue weighted by Crippen LogP contribution is 2.31. The Bertz CT molecular complexity index is 998. The molecule has 156 valence electrons. The number of nitrogens with zero attached hydrogens (tertiary/aromatic N) is 1. The largest absolute Gasteiger partial charge is 0.495 e. The number of fused-ring (bicyclic) bond motifs is 1. The Morgan fingerprint density at radius 3 is 2.66 bits per heavy atom. The van der Waals surface area contributed by atoms with Crippen molar-refractivity contribution in [3.8, 4) is 17.2 Å². The maximum atomic E-state index is 12.4. The van der Waals surface area contributed by atoms with Crippen molar-refractivity contribution in [1.29, 1.82) is 0 Å². The lowest BCUT2D eigenvalue weighted by Gasteiger charge is -2.27. The lowest BCUT2D eigenvalue weighted by Crippen LogP contribution is -2.45. The molecule has 2 aromatic rings. The second kappa shape index (κ2) is 8.79. The van der Waals surface area contributed by atoms with Crippen molar-refractivity contribution >= 4 is 33.2 Å². The fourth-order valence-electron chi connectivity index (χ4n) is 2.79. The van der Waals surface area contributed by atoms with Crippen LogP contribution >= 0.6 is 11.6 Å². The smallest absolute Gasteiger partial charge is 0.240 e. The molecule has 10 heteroatoms. The number of rotatable bonds is 7. The summed E-state index contributed by atoms with van der Waals surface area (Å²) in [4.78, 5) is 12.4. The zero-order chi connectivity index (χ0) is 21.0. The zero-order valence-corrected chi connectivity index (χ0v) is 17.5. The minimum Gasteiger partial charge on any atom is -0.495 e. The highest BCUT2D eigenvalue weighted by atomic mass is 35.5. The molecule has 2 aromatic carbocycles. The van der Waals surface area contributed by atoms with E-state index in [4.69, 9.17) is 25.8 Å². The van der Waals surface area contributed by atoms with Crippen LogP contribution in [0.15, 0.2) is 42.5 Å². The van der Waals surface area contributed by atoms with Gasteiger partial charge in [0.1, 0.15) is 25.0 Å². The second-order valence-corrected chi connectivity index (χ2v) is 8.70. The third kappa shape index (κ3) is 5.24. The van der Waals surface area contributed by atoms with Crippen LogP contribution in [-0.2, 0) is 14.8 Å². The maximum Gasteiger partial charge on any atom is 0.240 e. The quantitative estimate of drug-likeness (QED) is 0.708. The standard InChI is InChI=1S/C19H21ClN2O6S/c1-26-16-8-7-13(9-15(16)20)22(29(2,24)25)11-19(23)21-10-14-12-27-17-5-3-4-6-18(17)28-14/h3-9,14H,10-12H2,1-2H3,(H,21,23). The lowest BCUT2D eigenvalue weighted by atomic mass is 10.2. The third-order valence-electron chi connectivity index (χ3n) is 4.21. The van der Waals surface area contributed by atoms with Gasteiger partial charge in [0, 0.05) is 0 Å². The molecule has 1 amide bonds. The van der Waals surface area contributed by atoms with Gasteiger partial charge in [0.2, 0.25) is 15.9 Å². The van der Waals surface area contributed by atoms with Crippen molar-refractivity contribution in [2.24, 2.45) is 0 Å². The molecular weight excluding hydrogens is 420 g/mol. The van der Waals surface area contributed by atoms with Gasteiger partial charge in [-0.05, 0) is 30.3 Å². The van der Waals surface area contributed by atoms with Crippen molar-refractivity contribution in [2.45, 2.75) is 6.10 Å². The highest BCUT2D eigenvalue weighted by molar-refractivity contribution is 7.92. The Morgan fingerprint density at radius 2 is 2.00 bits per heavy atom. The molecule has 0 radical (unpaired) electrons. The van der Waals surface area contributed by atoms with Gasteiger partial charge < -0.3 is 19.5 Å². The van der Waals surface area contributed by atoms with Crippen molar-refractivity contribution in [3.63, 3.8) is 0 Å². The molecule has 1 aliphatic rings. The monoisotopic (exact) mass is 440 g/mol. The zero-order valence-electron chi connectivity index (χ0n) is 15.9. The van der Waals surface area contributed by atoms with Crippen LogP contribution in [0.2, 0.25) is 5.02 Å². The Hall–Kier alpha value is -2.65. The summed E-state index contributed by atoms with van der Waals surface area (Å²) in [6.07, 6.45) is 0.643. The van der Waals surface area contributed by atoms with Crippen molar-refractivity contribution in [1.82, 2.24) is 5.32 Å². The predicted molar refractivity (Wildman–Crippen MR) is 110 cm³/mol. The molecule has 0 aromatic heterocycles. The van der Waals surface area contributed by atoms with E-state index in [1.165, 1.54) is 19.2 Å². The Balaban J connectivity index is 1.63. The van der Waals surface area contributed by atoms with Gasteiger partial charge in [-0.15, -0.1) is 0 Å². The Morgan fingerprint density at radius 1 is 1.28 bits per heavy atom. The van der Waals surface area contributed by atoms with Gasteiger partial charge in [-0.3, -0.25) is 9.10 Å². The van der Waals surface area contributed by atoms with E-state index < -0.39 is 22.5 Å². The van der Waals surface area contributed by atoms with Gasteiger partial charge in [0.25, 0.3) is 0 Å². The summed E-state index contributed by atoms with van der Waals surface area (Å²) in [7, 11) is -2.26. The number of ether oxygens (including phenoxy) is 3. The molecule has 0 saturated heterocycles. The summed E-state index contributed by atoms with van der Waals surface area (Å²) in [5.74, 6) is 1.17. The van der Waals surface area contributed by atoms with E-state index in [2.05, 4.69) is 5.32 Å². The van der Waals surface area contributed by atoms with E-state index in [9.17, 15) is 13.2 Å². The fourth-order valence-corrected chi connectivity index (χ4v) is 3.89. The molecule has 1 aliphatic heterocycles. The summed E-state index contributed by atoms with van der Waals surface area (Å²) in [5, 5.41) is 2.93. The SMILES string of the molecule is COc1ccc(N(CC(=O)NCC2COc3ccccc3O2)S(C)(=O)=O)cc1Cl. The van der Waals surface area contributed by atoms with Crippen LogP contribution in [0.5, 0.6) is 17.2 Å². The van der Waals surface area contributed by atoms with E-state index in [1.54, 1.807) is 18.2 Å². The van der Waals surface area contributed by atoms with Gasteiger partial charge in [-0.25, -0.2) is 8.42 Å². The average Bonchev–Trinajstić information content (AvgIpc) is 2.69. The Kier molecular flexibility index (Phi) is 6.39. The van der Waals surface area contributed by atoms with Crippen LogP contribution in [-0.4, -0.2) is 53.5 Å². The topological polar surface area (TPSA) is 94.2 Å². The summed E-state index contributed by atoms with van der Waals surface area (Å²) in [5.41, 5.74) is 0.264. The van der Waals surface area contributed by atoms with E-state index in [-0.39, 0.29) is 30.0 Å². The molecule has 1 unspecified atom stereocenters. The molecule has 29 heavy (non-hydrogen) atoms. The number of para-hydroxylation sites is 2. The summed E-state index contributed by atoms with van der Waals surface area (Å²) < 4.78 is 41.8. The number of carbonyl (C=O) groups is 1. The van der Waals surface area contributed by atoms with E-state index in [0.717, 1.165) is 10.6 Å². The predicted octanol–water partition coefficient (Wildman–Crippen LogP) is 2.07. The fraction of sp³-hybridized carbons (Fsp3) is 0.316. The number of amides is 1. The highest BCUT2D eigenvalue weighted by Gasteiger charge is 2.24. The van der Waals surface area contributed by atoms with Crippen LogP contribution in [0.1, 0.15) is 0 Å². The molecule has 0 aliphatic carbocycles. The molecular formula is C19H21ClN2O6S. The molecule has 0 fully saturated rings. The van der Waals surface area contributed by atoms with Crippen molar-refractivity contribution in [3.05, 3.63) is 47.5 Å². The first-order valence-corrected chi connectivity index (χ1v) is 11.0. The van der Waals surface area contributed by atoms with Crippen molar-refractivity contribution < 1.29 is 27.4 Å². The molecule has 0 spiro atoms. The molecule has 3 rings (SSSR count). The normalized spacial score (nSPS) is 15.5. The molecule has 0 saturated carbocycles. The number of hydrogen-bond donors (Lipinski definition) is 1. The van der Waals surface area contributed by atoms with Crippen LogP contribution in [0, 0.1) is 0 Å². The number of benzene rings is 2. The summed E-state index contributed by atoms with van der Waals surface area (Å²) in [6, 6.07) is 11.7. The number of sulfonamides is 1. The minimum absolute atomic E-state index is 0.175. The Labute approximate surface area is 174 Å². The summed E-state index contributed by atoms with van der Waals surface area (Å²) >= 11 is 6.09. The van der Waals surface area contributed by atoms with Gasteiger partial charge in [0.15, 0.2) is 11.5 Å². The van der Waals surface area contributed by atoms with Crippen LogP contribution in [0.25, 0.3) is 0 Å². The van der Waals surface area contributed by atoms with Gasteiger partial charge in [-0.2, -0.15) is 0 Å². The van der Waals surface area contributed by atoms with Crippen LogP contribution < -0.4 is 23.8 Å². The van der Waals surface area contributed by atoms with E-state index >= 15 is 0 Å². The van der Waals surface area contributed by atoms with Crippen LogP contribution in [0.3, 0.4) is 0 Å². The van der Waals surface area contributed by atoms with Crippen LogP contribution in [0.4, 0.5) is 5.69 Å². The molecule has 8 nitrogen and oxygen atoms in total. The second-order valence-electron chi connectivity index (χ2n) is 6.39.